The highest BCUT2D eigenvalue weighted by molar-refractivity contribution is 5.96. The van der Waals surface area contributed by atoms with Crippen molar-refractivity contribution in [1.82, 2.24) is 10.6 Å². The van der Waals surface area contributed by atoms with E-state index in [0.717, 1.165) is 25.7 Å². The highest BCUT2D eigenvalue weighted by Crippen LogP contribution is 2.17. The first-order chi connectivity index (χ1) is 11.1. The van der Waals surface area contributed by atoms with Crippen LogP contribution in [0.15, 0.2) is 24.3 Å². The minimum absolute atomic E-state index is 0.145. The Labute approximate surface area is 135 Å². The fourth-order valence-corrected chi connectivity index (χ4v) is 2.55. The number of nitrogens with zero attached hydrogens (tertiary/aromatic N) is 1. The van der Waals surface area contributed by atoms with Crippen molar-refractivity contribution in [2.45, 2.75) is 51.2 Å². The average Bonchev–Trinajstić information content (AvgIpc) is 2.56. The van der Waals surface area contributed by atoms with Crippen LogP contribution in [0.2, 0.25) is 0 Å². The minimum Gasteiger partial charge on any atom is -0.481 e. The van der Waals surface area contributed by atoms with Crippen molar-refractivity contribution in [3.05, 3.63) is 29.8 Å². The van der Waals surface area contributed by atoms with Crippen LogP contribution in [0.3, 0.4) is 0 Å². The molecule has 1 aromatic rings. The van der Waals surface area contributed by atoms with E-state index in [2.05, 4.69) is 10.6 Å². The molecule has 1 aliphatic carbocycles. The van der Waals surface area contributed by atoms with Crippen LogP contribution in [-0.2, 0) is 4.79 Å². The zero-order valence-corrected chi connectivity index (χ0v) is 13.2. The van der Waals surface area contributed by atoms with Crippen molar-refractivity contribution in [2.24, 2.45) is 0 Å². The number of ether oxygens (including phenoxy) is 1. The molecule has 6 heteroatoms. The Morgan fingerprint density at radius 2 is 1.87 bits per heavy atom. The lowest BCUT2D eigenvalue weighted by Gasteiger charge is -2.23. The van der Waals surface area contributed by atoms with Crippen molar-refractivity contribution in [3.8, 4) is 11.8 Å². The third-order valence-corrected chi connectivity index (χ3v) is 3.84. The topological polar surface area (TPSA) is 91.2 Å². The van der Waals surface area contributed by atoms with Crippen LogP contribution in [0.1, 0.15) is 44.6 Å². The van der Waals surface area contributed by atoms with Gasteiger partial charge < -0.3 is 10.1 Å². The second-order valence-electron chi connectivity index (χ2n) is 5.69. The molecule has 1 atom stereocenters. The van der Waals surface area contributed by atoms with Gasteiger partial charge in [0.25, 0.3) is 5.91 Å². The monoisotopic (exact) mass is 315 g/mol. The molecular formula is C17H21N3O3. The number of nitrogens with one attached hydrogen (secondary N) is 2. The van der Waals surface area contributed by atoms with Crippen LogP contribution < -0.4 is 15.4 Å². The first kappa shape index (κ1) is 16.8. The summed E-state index contributed by atoms with van der Waals surface area (Å²) in [6, 6.07) is 8.12. The van der Waals surface area contributed by atoms with Gasteiger partial charge in [0.1, 0.15) is 5.75 Å². The van der Waals surface area contributed by atoms with Crippen molar-refractivity contribution < 1.29 is 14.3 Å². The van der Waals surface area contributed by atoms with E-state index in [1.54, 1.807) is 31.2 Å². The fourth-order valence-electron chi connectivity index (χ4n) is 2.55. The van der Waals surface area contributed by atoms with Gasteiger partial charge in [0, 0.05) is 6.04 Å². The SMILES string of the molecule is C[C@H](Oc1ccc(C#N)cc1)C(=O)NC(=O)NC1CCCCC1. The zero-order chi connectivity index (χ0) is 16.7. The largest absolute Gasteiger partial charge is 0.481 e. The van der Waals surface area contributed by atoms with Crippen LogP contribution in [0.4, 0.5) is 4.79 Å². The summed E-state index contributed by atoms with van der Waals surface area (Å²) in [4.78, 5) is 23.8. The number of hydrogen-bond donors (Lipinski definition) is 2. The molecule has 23 heavy (non-hydrogen) atoms. The molecule has 0 aromatic heterocycles. The van der Waals surface area contributed by atoms with E-state index >= 15 is 0 Å². The van der Waals surface area contributed by atoms with E-state index < -0.39 is 18.0 Å². The van der Waals surface area contributed by atoms with Gasteiger partial charge in [-0.3, -0.25) is 10.1 Å². The van der Waals surface area contributed by atoms with Crippen LogP contribution >= 0.6 is 0 Å². The minimum atomic E-state index is -0.806. The van der Waals surface area contributed by atoms with Crippen molar-refractivity contribution in [1.29, 1.82) is 5.26 Å². The summed E-state index contributed by atoms with van der Waals surface area (Å²) >= 11 is 0. The molecule has 2 N–H and O–H groups in total. The van der Waals surface area contributed by atoms with Gasteiger partial charge in [0.15, 0.2) is 6.10 Å². The molecule has 3 amide bonds. The molecule has 0 spiro atoms. The summed E-state index contributed by atoms with van der Waals surface area (Å²) in [5.74, 6) is -0.0259. The molecule has 0 heterocycles. The normalized spacial score (nSPS) is 16.0. The smallest absolute Gasteiger partial charge is 0.321 e. The van der Waals surface area contributed by atoms with Gasteiger partial charge in [-0.05, 0) is 44.0 Å². The van der Waals surface area contributed by atoms with E-state index in [9.17, 15) is 9.59 Å². The summed E-state index contributed by atoms with van der Waals surface area (Å²) in [6.45, 7) is 1.57. The number of carbonyl (C=O) groups is 2. The molecule has 1 aliphatic rings. The fraction of sp³-hybridized carbons (Fsp3) is 0.471. The molecule has 1 aromatic carbocycles. The Kier molecular flexibility index (Phi) is 5.98. The number of rotatable bonds is 4. The lowest BCUT2D eigenvalue weighted by Crippen LogP contribution is -2.48. The Morgan fingerprint density at radius 1 is 1.22 bits per heavy atom. The molecular weight excluding hydrogens is 294 g/mol. The van der Waals surface area contributed by atoms with Gasteiger partial charge >= 0.3 is 6.03 Å². The number of imide groups is 1. The van der Waals surface area contributed by atoms with Crippen molar-refractivity contribution in [3.63, 3.8) is 0 Å². The second-order valence-corrected chi connectivity index (χ2v) is 5.69. The van der Waals surface area contributed by atoms with Crippen molar-refractivity contribution in [2.75, 3.05) is 0 Å². The lowest BCUT2D eigenvalue weighted by atomic mass is 9.96. The van der Waals surface area contributed by atoms with Crippen molar-refractivity contribution >= 4 is 11.9 Å². The highest BCUT2D eigenvalue weighted by atomic mass is 16.5. The molecule has 1 fully saturated rings. The summed E-state index contributed by atoms with van der Waals surface area (Å²) < 4.78 is 5.47. The van der Waals surface area contributed by atoms with Crippen LogP contribution in [-0.4, -0.2) is 24.1 Å². The summed E-state index contributed by atoms with van der Waals surface area (Å²) in [5.41, 5.74) is 0.515. The predicted molar refractivity (Wildman–Crippen MR) is 84.8 cm³/mol. The van der Waals surface area contributed by atoms with Gasteiger partial charge in [-0.1, -0.05) is 19.3 Å². The lowest BCUT2D eigenvalue weighted by molar-refractivity contribution is -0.126. The Hall–Kier alpha value is -2.55. The zero-order valence-electron chi connectivity index (χ0n) is 13.2. The molecule has 6 nitrogen and oxygen atoms in total. The number of hydrogen-bond acceptors (Lipinski definition) is 4. The number of amides is 3. The first-order valence-electron chi connectivity index (χ1n) is 7.86. The van der Waals surface area contributed by atoms with Crippen LogP contribution in [0.25, 0.3) is 0 Å². The number of benzene rings is 1. The summed E-state index contributed by atoms with van der Waals surface area (Å²) in [7, 11) is 0. The molecule has 0 radical (unpaired) electrons. The van der Waals surface area contributed by atoms with Gasteiger partial charge in [-0.15, -0.1) is 0 Å². The quantitative estimate of drug-likeness (QED) is 0.893. The maximum atomic E-state index is 12.0. The van der Waals surface area contributed by atoms with E-state index in [4.69, 9.17) is 10.00 Å². The molecule has 0 saturated heterocycles. The van der Waals surface area contributed by atoms with E-state index in [1.165, 1.54) is 6.42 Å². The van der Waals surface area contributed by atoms with E-state index in [-0.39, 0.29) is 6.04 Å². The van der Waals surface area contributed by atoms with E-state index in [0.29, 0.717) is 11.3 Å². The van der Waals surface area contributed by atoms with Crippen LogP contribution in [0.5, 0.6) is 5.75 Å². The molecule has 2 rings (SSSR count). The highest BCUT2D eigenvalue weighted by Gasteiger charge is 2.20. The Morgan fingerprint density at radius 3 is 2.48 bits per heavy atom. The number of carbonyl (C=O) groups excluding carboxylic acids is 2. The third kappa shape index (κ3) is 5.29. The standard InChI is InChI=1S/C17H21N3O3/c1-12(23-15-9-7-13(11-18)8-10-15)16(21)20-17(22)19-14-5-3-2-4-6-14/h7-10,12,14H,2-6H2,1H3,(H2,19,20,21,22)/t12-/m0/s1. The first-order valence-corrected chi connectivity index (χ1v) is 7.86. The van der Waals surface area contributed by atoms with Gasteiger partial charge in [0.05, 0.1) is 11.6 Å². The molecule has 1 saturated carbocycles. The molecule has 0 unspecified atom stereocenters. The Balaban J connectivity index is 1.79. The molecule has 0 bridgehead atoms. The van der Waals surface area contributed by atoms with Gasteiger partial charge in [0.2, 0.25) is 0 Å². The third-order valence-electron chi connectivity index (χ3n) is 3.84. The van der Waals surface area contributed by atoms with Crippen LogP contribution in [0, 0.1) is 11.3 Å². The Bertz CT molecular complexity index is 586. The van der Waals surface area contributed by atoms with Gasteiger partial charge in [-0.2, -0.15) is 5.26 Å². The summed E-state index contributed by atoms with van der Waals surface area (Å²) in [5, 5.41) is 13.9. The molecule has 122 valence electrons. The predicted octanol–water partition coefficient (Wildman–Crippen LogP) is 2.48. The molecule has 0 aliphatic heterocycles. The number of nitriles is 1. The van der Waals surface area contributed by atoms with Gasteiger partial charge in [-0.25, -0.2) is 4.79 Å². The number of urea groups is 1. The van der Waals surface area contributed by atoms with E-state index in [1.807, 2.05) is 6.07 Å². The average molecular weight is 315 g/mol. The second kappa shape index (κ2) is 8.18. The maximum absolute atomic E-state index is 12.0. The maximum Gasteiger partial charge on any atom is 0.321 e. The summed E-state index contributed by atoms with van der Waals surface area (Å²) in [6.07, 6.45) is 4.53.